The predicted molar refractivity (Wildman–Crippen MR) is 62.2 cm³/mol. The zero-order valence-corrected chi connectivity index (χ0v) is 9.29. The maximum absolute atomic E-state index is 13.4. The van der Waals surface area contributed by atoms with E-state index in [1.807, 2.05) is 6.07 Å². The van der Waals surface area contributed by atoms with Gasteiger partial charge in [-0.3, -0.25) is 0 Å². The molecule has 1 aliphatic rings. The fraction of sp³-hybridized carbons (Fsp3) is 0.500. The standard InChI is InChI=1S/C12H17FN2O/c13-11-7-10(1-2-14)8-12(9-11)15-3-5-16-6-4-15/h7-9H,1-6,14H2. The Morgan fingerprint density at radius 2 is 2.00 bits per heavy atom. The summed E-state index contributed by atoms with van der Waals surface area (Å²) in [6.07, 6.45) is 0.717. The van der Waals surface area contributed by atoms with Crippen molar-refractivity contribution < 1.29 is 9.13 Å². The van der Waals surface area contributed by atoms with Crippen molar-refractivity contribution >= 4 is 5.69 Å². The summed E-state index contributed by atoms with van der Waals surface area (Å²) in [5.41, 5.74) is 7.38. The Labute approximate surface area is 95.0 Å². The summed E-state index contributed by atoms with van der Waals surface area (Å²) in [7, 11) is 0. The number of hydrogen-bond acceptors (Lipinski definition) is 3. The second-order valence-electron chi connectivity index (χ2n) is 3.96. The van der Waals surface area contributed by atoms with Gasteiger partial charge in [0.25, 0.3) is 0 Å². The van der Waals surface area contributed by atoms with Crippen LogP contribution < -0.4 is 10.6 Å². The molecular formula is C12H17FN2O. The molecule has 4 heteroatoms. The third-order valence-electron chi connectivity index (χ3n) is 2.75. The van der Waals surface area contributed by atoms with Crippen molar-refractivity contribution in [2.45, 2.75) is 6.42 Å². The Morgan fingerprint density at radius 3 is 2.69 bits per heavy atom. The highest BCUT2D eigenvalue weighted by molar-refractivity contribution is 5.49. The number of hydrogen-bond donors (Lipinski definition) is 1. The lowest BCUT2D eigenvalue weighted by Gasteiger charge is -2.29. The molecule has 0 bridgehead atoms. The van der Waals surface area contributed by atoms with E-state index in [4.69, 9.17) is 10.5 Å². The van der Waals surface area contributed by atoms with E-state index in [-0.39, 0.29) is 5.82 Å². The Bertz CT molecular complexity index is 351. The molecule has 0 aliphatic carbocycles. The Morgan fingerprint density at radius 1 is 1.25 bits per heavy atom. The lowest BCUT2D eigenvalue weighted by Crippen LogP contribution is -2.36. The van der Waals surface area contributed by atoms with Crippen LogP contribution in [0.1, 0.15) is 5.56 Å². The molecule has 2 rings (SSSR count). The quantitative estimate of drug-likeness (QED) is 0.837. The zero-order valence-electron chi connectivity index (χ0n) is 9.29. The molecule has 1 aromatic carbocycles. The van der Waals surface area contributed by atoms with Gasteiger partial charge in [0, 0.05) is 18.8 Å². The molecule has 0 atom stereocenters. The van der Waals surface area contributed by atoms with Gasteiger partial charge in [-0.05, 0) is 36.7 Å². The normalized spacial score (nSPS) is 16.5. The van der Waals surface area contributed by atoms with E-state index >= 15 is 0 Å². The number of rotatable bonds is 3. The number of halogens is 1. The third-order valence-corrected chi connectivity index (χ3v) is 2.75. The van der Waals surface area contributed by atoms with Crippen LogP contribution in [0.5, 0.6) is 0 Å². The van der Waals surface area contributed by atoms with Gasteiger partial charge in [-0.25, -0.2) is 4.39 Å². The lowest BCUT2D eigenvalue weighted by molar-refractivity contribution is 0.122. The van der Waals surface area contributed by atoms with E-state index in [1.54, 1.807) is 12.1 Å². The maximum Gasteiger partial charge on any atom is 0.125 e. The van der Waals surface area contributed by atoms with Gasteiger partial charge in [0.05, 0.1) is 13.2 Å². The first-order valence-corrected chi connectivity index (χ1v) is 5.62. The van der Waals surface area contributed by atoms with Crippen molar-refractivity contribution in [1.82, 2.24) is 0 Å². The van der Waals surface area contributed by atoms with Crippen LogP contribution in [0.4, 0.5) is 10.1 Å². The van der Waals surface area contributed by atoms with E-state index in [9.17, 15) is 4.39 Å². The van der Waals surface area contributed by atoms with Crippen molar-refractivity contribution in [1.29, 1.82) is 0 Å². The van der Waals surface area contributed by atoms with Gasteiger partial charge in [-0.15, -0.1) is 0 Å². The average molecular weight is 224 g/mol. The minimum Gasteiger partial charge on any atom is -0.378 e. The number of ether oxygens (including phenoxy) is 1. The molecule has 0 saturated carbocycles. The van der Waals surface area contributed by atoms with E-state index in [0.717, 1.165) is 30.8 Å². The summed E-state index contributed by atoms with van der Waals surface area (Å²) < 4.78 is 18.7. The van der Waals surface area contributed by atoms with Gasteiger partial charge in [0.2, 0.25) is 0 Å². The highest BCUT2D eigenvalue weighted by Gasteiger charge is 2.12. The summed E-state index contributed by atoms with van der Waals surface area (Å²) in [6, 6.07) is 5.14. The Hall–Kier alpha value is -1.13. The van der Waals surface area contributed by atoms with E-state index < -0.39 is 0 Å². The monoisotopic (exact) mass is 224 g/mol. The molecule has 16 heavy (non-hydrogen) atoms. The van der Waals surface area contributed by atoms with Gasteiger partial charge in [-0.1, -0.05) is 0 Å². The molecule has 1 aromatic rings. The summed E-state index contributed by atoms with van der Waals surface area (Å²) in [5, 5.41) is 0. The van der Waals surface area contributed by atoms with Crippen molar-refractivity contribution in [2.24, 2.45) is 5.73 Å². The molecule has 0 amide bonds. The van der Waals surface area contributed by atoms with E-state index in [1.165, 1.54) is 0 Å². The van der Waals surface area contributed by atoms with Gasteiger partial charge < -0.3 is 15.4 Å². The topological polar surface area (TPSA) is 38.5 Å². The predicted octanol–water partition coefficient (Wildman–Crippen LogP) is 1.16. The fourth-order valence-electron chi connectivity index (χ4n) is 1.95. The highest BCUT2D eigenvalue weighted by Crippen LogP contribution is 2.20. The molecule has 0 aromatic heterocycles. The summed E-state index contributed by atoms with van der Waals surface area (Å²) >= 11 is 0. The first-order valence-electron chi connectivity index (χ1n) is 5.62. The largest absolute Gasteiger partial charge is 0.378 e. The first kappa shape index (κ1) is 11.4. The van der Waals surface area contributed by atoms with Crippen LogP contribution in [-0.2, 0) is 11.2 Å². The van der Waals surface area contributed by atoms with Crippen molar-refractivity contribution in [3.8, 4) is 0 Å². The molecule has 3 nitrogen and oxygen atoms in total. The Kier molecular flexibility index (Phi) is 3.74. The maximum atomic E-state index is 13.4. The van der Waals surface area contributed by atoms with Crippen LogP contribution in [0.15, 0.2) is 18.2 Å². The van der Waals surface area contributed by atoms with Crippen LogP contribution in [0, 0.1) is 5.82 Å². The molecule has 1 aliphatic heterocycles. The van der Waals surface area contributed by atoms with E-state index in [0.29, 0.717) is 19.8 Å². The Balaban J connectivity index is 2.18. The molecule has 0 radical (unpaired) electrons. The van der Waals surface area contributed by atoms with Crippen LogP contribution in [-0.4, -0.2) is 32.8 Å². The molecule has 88 valence electrons. The van der Waals surface area contributed by atoms with Crippen LogP contribution in [0.2, 0.25) is 0 Å². The first-order chi connectivity index (χ1) is 7.79. The summed E-state index contributed by atoms with van der Waals surface area (Å²) in [6.45, 7) is 3.62. The van der Waals surface area contributed by atoms with Crippen LogP contribution >= 0.6 is 0 Å². The smallest absolute Gasteiger partial charge is 0.125 e. The van der Waals surface area contributed by atoms with Crippen LogP contribution in [0.25, 0.3) is 0 Å². The summed E-state index contributed by atoms with van der Waals surface area (Å²) in [5.74, 6) is -0.188. The van der Waals surface area contributed by atoms with Gasteiger partial charge in [0.15, 0.2) is 0 Å². The minimum atomic E-state index is -0.188. The molecule has 1 heterocycles. The molecule has 1 saturated heterocycles. The van der Waals surface area contributed by atoms with Crippen LogP contribution in [0.3, 0.4) is 0 Å². The van der Waals surface area contributed by atoms with Gasteiger partial charge in [-0.2, -0.15) is 0 Å². The second-order valence-corrected chi connectivity index (χ2v) is 3.96. The number of anilines is 1. The van der Waals surface area contributed by atoms with Gasteiger partial charge in [0.1, 0.15) is 5.82 Å². The SMILES string of the molecule is NCCc1cc(F)cc(N2CCOCC2)c1. The molecule has 1 fully saturated rings. The minimum absolute atomic E-state index is 0.188. The zero-order chi connectivity index (χ0) is 11.4. The number of benzene rings is 1. The molecule has 0 spiro atoms. The van der Waals surface area contributed by atoms with Crippen molar-refractivity contribution in [2.75, 3.05) is 37.7 Å². The molecule has 2 N–H and O–H groups in total. The number of morpholine rings is 1. The van der Waals surface area contributed by atoms with Gasteiger partial charge >= 0.3 is 0 Å². The fourth-order valence-corrected chi connectivity index (χ4v) is 1.95. The number of nitrogens with zero attached hydrogens (tertiary/aromatic N) is 1. The second kappa shape index (κ2) is 5.27. The lowest BCUT2D eigenvalue weighted by atomic mass is 10.1. The molecular weight excluding hydrogens is 207 g/mol. The third kappa shape index (κ3) is 2.71. The number of nitrogens with two attached hydrogens (primary N) is 1. The van der Waals surface area contributed by atoms with Crippen molar-refractivity contribution in [3.05, 3.63) is 29.6 Å². The van der Waals surface area contributed by atoms with Crippen molar-refractivity contribution in [3.63, 3.8) is 0 Å². The summed E-state index contributed by atoms with van der Waals surface area (Å²) in [4.78, 5) is 2.15. The van der Waals surface area contributed by atoms with E-state index in [2.05, 4.69) is 4.90 Å². The molecule has 0 unspecified atom stereocenters. The average Bonchev–Trinajstić information content (AvgIpc) is 2.30. The highest BCUT2D eigenvalue weighted by atomic mass is 19.1.